The van der Waals surface area contributed by atoms with E-state index in [0.29, 0.717) is 12.0 Å². The lowest BCUT2D eigenvalue weighted by atomic mass is 10.0. The van der Waals surface area contributed by atoms with Crippen LogP contribution in [0, 0.1) is 0 Å². The zero-order chi connectivity index (χ0) is 22.0. The first kappa shape index (κ1) is 20.8. The van der Waals surface area contributed by atoms with Gasteiger partial charge in [-0.25, -0.2) is 18.5 Å². The molecule has 0 saturated carbocycles. The monoisotopic (exact) mass is 434 g/mol. The molecule has 1 aromatic heterocycles. The Balaban J connectivity index is 1.62. The van der Waals surface area contributed by atoms with Crippen LogP contribution in [-0.4, -0.2) is 23.9 Å². The number of amides is 1. The highest BCUT2D eigenvalue weighted by Gasteiger charge is 2.20. The van der Waals surface area contributed by atoms with Crippen molar-refractivity contribution in [2.45, 2.75) is 17.4 Å². The molecule has 158 valence electrons. The molecular formula is C23H22N4O3S. The Morgan fingerprint density at radius 3 is 2.29 bits per heavy atom. The lowest BCUT2D eigenvalue weighted by molar-refractivity contribution is 0.0936. The highest BCUT2D eigenvalue weighted by Crippen LogP contribution is 2.22. The van der Waals surface area contributed by atoms with E-state index >= 15 is 0 Å². The predicted octanol–water partition coefficient (Wildman–Crippen LogP) is 2.93. The van der Waals surface area contributed by atoms with E-state index in [1.165, 1.54) is 24.3 Å². The topological polar surface area (TPSA) is 107 Å². The van der Waals surface area contributed by atoms with Crippen LogP contribution in [0.2, 0.25) is 0 Å². The first-order valence-corrected chi connectivity index (χ1v) is 11.3. The predicted molar refractivity (Wildman–Crippen MR) is 119 cm³/mol. The molecule has 8 heteroatoms. The van der Waals surface area contributed by atoms with Gasteiger partial charge in [-0.1, -0.05) is 42.5 Å². The van der Waals surface area contributed by atoms with Gasteiger partial charge in [-0.05, 0) is 42.0 Å². The van der Waals surface area contributed by atoms with Gasteiger partial charge in [0, 0.05) is 19.0 Å². The summed E-state index contributed by atoms with van der Waals surface area (Å²) < 4.78 is 24.9. The maximum atomic E-state index is 12.9. The van der Waals surface area contributed by atoms with Gasteiger partial charge in [0.2, 0.25) is 10.0 Å². The van der Waals surface area contributed by atoms with E-state index < -0.39 is 10.0 Å². The summed E-state index contributed by atoms with van der Waals surface area (Å²) in [6.07, 6.45) is 0.496. The van der Waals surface area contributed by atoms with E-state index in [1.807, 2.05) is 66.2 Å². The highest BCUT2D eigenvalue weighted by atomic mass is 32.2. The number of hydrogen-bond donors (Lipinski definition) is 2. The van der Waals surface area contributed by atoms with Gasteiger partial charge in [-0.3, -0.25) is 4.79 Å². The number of nitrogens with one attached hydrogen (secondary N) is 1. The van der Waals surface area contributed by atoms with Crippen molar-refractivity contribution in [2.24, 2.45) is 12.2 Å². The Morgan fingerprint density at radius 1 is 1.00 bits per heavy atom. The fraction of sp³-hybridized carbons (Fsp3) is 0.130. The van der Waals surface area contributed by atoms with E-state index in [-0.39, 0.29) is 16.8 Å². The zero-order valence-corrected chi connectivity index (χ0v) is 17.7. The number of benzene rings is 3. The average molecular weight is 435 g/mol. The molecule has 0 spiro atoms. The van der Waals surface area contributed by atoms with Crippen LogP contribution in [0.5, 0.6) is 0 Å². The molecule has 0 saturated heterocycles. The molecule has 0 bridgehead atoms. The molecule has 0 aliphatic rings. The molecule has 0 radical (unpaired) electrons. The van der Waals surface area contributed by atoms with Gasteiger partial charge in [0.15, 0.2) is 0 Å². The largest absolute Gasteiger partial charge is 0.345 e. The van der Waals surface area contributed by atoms with Crippen molar-refractivity contribution in [3.05, 3.63) is 95.8 Å². The number of carbonyl (C=O) groups is 1. The van der Waals surface area contributed by atoms with Crippen LogP contribution in [0.3, 0.4) is 0 Å². The summed E-state index contributed by atoms with van der Waals surface area (Å²) in [5.41, 5.74) is 3.22. The van der Waals surface area contributed by atoms with Crippen molar-refractivity contribution >= 4 is 27.0 Å². The summed E-state index contributed by atoms with van der Waals surface area (Å²) in [5, 5.41) is 8.19. The van der Waals surface area contributed by atoms with Crippen molar-refractivity contribution < 1.29 is 13.2 Å². The van der Waals surface area contributed by atoms with Crippen LogP contribution in [-0.2, 0) is 23.5 Å². The van der Waals surface area contributed by atoms with Crippen LogP contribution in [0.15, 0.2) is 83.8 Å². The molecule has 7 nitrogen and oxygen atoms in total. The molecule has 0 fully saturated rings. The van der Waals surface area contributed by atoms with E-state index in [0.717, 1.165) is 22.4 Å². The minimum Gasteiger partial charge on any atom is -0.345 e. The molecule has 0 aliphatic carbocycles. The van der Waals surface area contributed by atoms with Crippen molar-refractivity contribution in [2.75, 3.05) is 0 Å². The SMILES string of the molecule is Cn1c(C[C@@H](NC(=O)c2ccc(S(N)(=O)=O)cc2)c2ccccc2)nc2ccccc21. The number of rotatable bonds is 6. The number of aryl methyl sites for hydroxylation is 1. The molecule has 31 heavy (non-hydrogen) atoms. The number of nitrogens with zero attached hydrogens (tertiary/aromatic N) is 2. The quantitative estimate of drug-likeness (QED) is 0.486. The number of hydrogen-bond acceptors (Lipinski definition) is 4. The summed E-state index contributed by atoms with van der Waals surface area (Å²) in [6, 6.07) is 22.8. The van der Waals surface area contributed by atoms with Crippen molar-refractivity contribution in [3.63, 3.8) is 0 Å². The Morgan fingerprint density at radius 2 is 1.65 bits per heavy atom. The molecule has 3 aromatic carbocycles. The lowest BCUT2D eigenvalue weighted by Gasteiger charge is -2.19. The van der Waals surface area contributed by atoms with Crippen molar-refractivity contribution in [1.82, 2.24) is 14.9 Å². The fourth-order valence-electron chi connectivity index (χ4n) is 3.54. The van der Waals surface area contributed by atoms with Gasteiger partial charge in [0.1, 0.15) is 5.82 Å². The molecule has 3 N–H and O–H groups in total. The molecule has 1 amide bonds. The zero-order valence-electron chi connectivity index (χ0n) is 16.9. The van der Waals surface area contributed by atoms with Crippen LogP contribution < -0.4 is 10.5 Å². The number of nitrogens with two attached hydrogens (primary N) is 1. The van der Waals surface area contributed by atoms with Crippen LogP contribution in [0.25, 0.3) is 11.0 Å². The number of carbonyl (C=O) groups excluding carboxylic acids is 1. The van der Waals surface area contributed by atoms with Gasteiger partial charge in [0.05, 0.1) is 22.0 Å². The third-order valence-electron chi connectivity index (χ3n) is 5.22. The second kappa shape index (κ2) is 8.33. The molecule has 4 aromatic rings. The molecule has 4 rings (SSSR count). The molecular weight excluding hydrogens is 412 g/mol. The maximum Gasteiger partial charge on any atom is 0.251 e. The molecule has 1 atom stereocenters. The van der Waals surface area contributed by atoms with Crippen molar-refractivity contribution in [3.8, 4) is 0 Å². The lowest BCUT2D eigenvalue weighted by Crippen LogP contribution is -2.30. The van der Waals surface area contributed by atoms with Gasteiger partial charge >= 0.3 is 0 Å². The summed E-state index contributed by atoms with van der Waals surface area (Å²) >= 11 is 0. The number of fused-ring (bicyclic) bond motifs is 1. The maximum absolute atomic E-state index is 12.9. The van der Waals surface area contributed by atoms with E-state index in [4.69, 9.17) is 10.1 Å². The van der Waals surface area contributed by atoms with Gasteiger partial charge in [0.25, 0.3) is 5.91 Å². The van der Waals surface area contributed by atoms with Gasteiger partial charge < -0.3 is 9.88 Å². The van der Waals surface area contributed by atoms with E-state index in [1.54, 1.807) is 0 Å². The number of aromatic nitrogens is 2. The first-order valence-electron chi connectivity index (χ1n) is 9.72. The summed E-state index contributed by atoms with van der Waals surface area (Å²) in [7, 11) is -1.85. The first-order chi connectivity index (χ1) is 14.8. The molecule has 0 unspecified atom stereocenters. The normalized spacial score (nSPS) is 12.6. The number of sulfonamides is 1. The Labute approximate surface area is 180 Å². The fourth-order valence-corrected chi connectivity index (χ4v) is 4.05. The van der Waals surface area contributed by atoms with Gasteiger partial charge in [-0.2, -0.15) is 0 Å². The Hall–Kier alpha value is -3.49. The number of imidazole rings is 1. The van der Waals surface area contributed by atoms with Crippen LogP contribution in [0.1, 0.15) is 27.8 Å². The van der Waals surface area contributed by atoms with Crippen molar-refractivity contribution in [1.29, 1.82) is 0 Å². The van der Waals surface area contributed by atoms with E-state index in [2.05, 4.69) is 5.32 Å². The minimum atomic E-state index is -3.81. The smallest absolute Gasteiger partial charge is 0.251 e. The van der Waals surface area contributed by atoms with Crippen LogP contribution in [0.4, 0.5) is 0 Å². The van der Waals surface area contributed by atoms with Crippen LogP contribution >= 0.6 is 0 Å². The van der Waals surface area contributed by atoms with E-state index in [9.17, 15) is 13.2 Å². The standard InChI is InChI=1S/C23H22N4O3S/c1-27-21-10-6-5-9-19(21)25-22(27)15-20(16-7-3-2-4-8-16)26-23(28)17-11-13-18(14-12-17)31(24,29)30/h2-14,20H,15H2,1H3,(H,26,28)(H2,24,29,30)/t20-/m1/s1. The number of primary sulfonamides is 1. The average Bonchev–Trinajstić information content (AvgIpc) is 3.09. The summed E-state index contributed by atoms with van der Waals surface area (Å²) in [4.78, 5) is 17.6. The molecule has 0 aliphatic heterocycles. The molecule has 1 heterocycles. The summed E-state index contributed by atoms with van der Waals surface area (Å²) in [6.45, 7) is 0. The number of para-hydroxylation sites is 2. The minimum absolute atomic E-state index is 0.0386. The second-order valence-electron chi connectivity index (χ2n) is 7.29. The Kier molecular flexibility index (Phi) is 5.58. The highest BCUT2D eigenvalue weighted by molar-refractivity contribution is 7.89. The third-order valence-corrected chi connectivity index (χ3v) is 6.15. The summed E-state index contributed by atoms with van der Waals surface area (Å²) in [5.74, 6) is 0.536. The Bertz CT molecular complexity index is 1330. The third kappa shape index (κ3) is 4.50. The second-order valence-corrected chi connectivity index (χ2v) is 8.85. The van der Waals surface area contributed by atoms with Gasteiger partial charge in [-0.15, -0.1) is 0 Å².